The Morgan fingerprint density at radius 3 is 1.47 bits per heavy atom. The van der Waals surface area contributed by atoms with Crippen molar-refractivity contribution in [2.24, 2.45) is 0 Å². The average molecular weight is 401 g/mol. The van der Waals surface area contributed by atoms with E-state index >= 15 is 0 Å². The zero-order valence-corrected chi connectivity index (χ0v) is 15.2. The van der Waals surface area contributed by atoms with E-state index in [4.69, 9.17) is 1.37 Å². The number of nitro groups is 2. The van der Waals surface area contributed by atoms with E-state index < -0.39 is 10.1 Å². The van der Waals surface area contributed by atoms with Crippen molar-refractivity contribution in [3.8, 4) is 0 Å². The summed E-state index contributed by atoms with van der Waals surface area (Å²) in [5.74, 6) is 0. The summed E-state index contributed by atoms with van der Waals surface area (Å²) in [7, 11) is 0. The van der Waals surface area contributed by atoms with Gasteiger partial charge >= 0.3 is 0 Å². The minimum absolute atomic E-state index is 0.0365. The van der Waals surface area contributed by atoms with Gasteiger partial charge in [0.15, 0.2) is 10.1 Å². The summed E-state index contributed by atoms with van der Waals surface area (Å²) in [5.41, 5.74) is 2.56. The van der Waals surface area contributed by atoms with Crippen LogP contribution in [0, 0.1) is 20.2 Å². The van der Waals surface area contributed by atoms with Gasteiger partial charge in [-0.25, -0.2) is 30.2 Å². The molecule has 30 heavy (non-hydrogen) atoms. The van der Waals surface area contributed by atoms with Gasteiger partial charge in [0.05, 0.1) is 24.1 Å². The largest absolute Gasteiger partial charge is 0.249 e. The Bertz CT molecular complexity index is 1520. The van der Waals surface area contributed by atoms with Crippen LogP contribution in [0.3, 0.4) is 0 Å². The smallest absolute Gasteiger partial charge is 0.170 e. The summed E-state index contributed by atoms with van der Waals surface area (Å²) in [6.45, 7) is 0. The Hall–Kier alpha value is -4.60. The molecule has 0 unspecified atom stereocenters. The first-order valence-corrected chi connectivity index (χ1v) is 8.79. The second-order valence-electron chi connectivity index (χ2n) is 6.55. The molecule has 2 aliphatic heterocycles. The molecule has 3 aromatic rings. The number of aromatic nitrogens is 4. The van der Waals surface area contributed by atoms with Gasteiger partial charge in [0, 0.05) is 0 Å². The fraction of sp³-hybridized carbons (Fsp3) is 0. The zero-order valence-electron chi connectivity index (χ0n) is 16.2. The first kappa shape index (κ1) is 16.4. The van der Waals surface area contributed by atoms with Crippen molar-refractivity contribution in [2.45, 2.75) is 0 Å². The third-order valence-corrected chi connectivity index (χ3v) is 4.62. The topological polar surface area (TPSA) is 122 Å². The molecule has 0 saturated carbocycles. The molecular weight excluding hydrogens is 388 g/mol. The molecule has 0 radical (unpaired) electrons. The predicted molar refractivity (Wildman–Crippen MR) is 111 cm³/mol. The minimum Gasteiger partial charge on any atom is -0.249 e. The van der Waals surface area contributed by atoms with Gasteiger partial charge in [0.1, 0.15) is 22.1 Å². The third kappa shape index (κ3) is 2.92. The van der Waals surface area contributed by atoms with Crippen LogP contribution in [0.1, 0.15) is 24.1 Å². The van der Waals surface area contributed by atoms with Gasteiger partial charge in [0.2, 0.25) is 0 Å². The lowest BCUT2D eigenvalue weighted by atomic mass is 10.3. The van der Waals surface area contributed by atoms with Crippen LogP contribution in [-0.2, 0) is 0 Å². The maximum Gasteiger partial charge on any atom is 0.170 e. The first-order chi connectivity index (χ1) is 14.9. The Balaban J connectivity index is 1.95. The highest BCUT2D eigenvalue weighted by molar-refractivity contribution is 5.77. The van der Waals surface area contributed by atoms with Crippen molar-refractivity contribution in [3.63, 3.8) is 0 Å². The van der Waals surface area contributed by atoms with E-state index in [1.54, 1.807) is 48.6 Å². The Labute approximate surface area is 169 Å². The standard InChI is InChI=1S/C20H12N6O4/c27-25(28)23-17-5-6-19(23)11-15-3-4-16(22-15)12-20-8-7-18(24(20)26(29)30)10-14-2-1-13(9-17)21-14/h1-12H/i5D. The molecule has 0 amide bonds. The lowest BCUT2D eigenvalue weighted by Crippen LogP contribution is -2.07. The second kappa shape index (κ2) is 6.48. The fourth-order valence-corrected chi connectivity index (χ4v) is 3.37. The van der Waals surface area contributed by atoms with Crippen molar-refractivity contribution >= 4 is 46.4 Å². The van der Waals surface area contributed by atoms with E-state index in [1.807, 2.05) is 0 Å². The molecule has 10 nitrogen and oxygen atoms in total. The molecule has 10 heteroatoms. The van der Waals surface area contributed by atoms with Gasteiger partial charge < -0.3 is 0 Å². The second-order valence-corrected chi connectivity index (χ2v) is 6.55. The molecule has 0 aromatic carbocycles. The minimum atomic E-state index is -0.602. The van der Waals surface area contributed by atoms with E-state index in [9.17, 15) is 20.2 Å². The van der Waals surface area contributed by atoms with Crippen molar-refractivity contribution in [1.82, 2.24) is 19.3 Å². The summed E-state index contributed by atoms with van der Waals surface area (Å²) in [5, 5.41) is 22.3. The number of rotatable bonds is 2. The van der Waals surface area contributed by atoms with Gasteiger partial charge in [-0.2, -0.15) is 0 Å². The molecule has 0 spiro atoms. The maximum atomic E-state index is 11.7. The van der Waals surface area contributed by atoms with Crippen LogP contribution in [0.5, 0.6) is 0 Å². The van der Waals surface area contributed by atoms with E-state index in [-0.39, 0.29) is 17.1 Å². The van der Waals surface area contributed by atoms with Gasteiger partial charge in [-0.15, -0.1) is 0 Å². The Morgan fingerprint density at radius 1 is 0.667 bits per heavy atom. The maximum absolute atomic E-state index is 11.7. The molecule has 0 fully saturated rings. The highest BCUT2D eigenvalue weighted by Crippen LogP contribution is 2.20. The van der Waals surface area contributed by atoms with Gasteiger partial charge in [-0.3, -0.25) is 0 Å². The van der Waals surface area contributed by atoms with Crippen molar-refractivity contribution in [1.29, 1.82) is 0 Å². The number of hydrogen-bond donors (Lipinski definition) is 0. The van der Waals surface area contributed by atoms with E-state index in [0.717, 1.165) is 9.35 Å². The average Bonchev–Trinajstić information content (AvgIpc) is 3.46. The number of fused-ring (bicyclic) bond motifs is 8. The molecule has 3 aromatic heterocycles. The molecule has 0 aliphatic carbocycles. The molecule has 146 valence electrons. The highest BCUT2D eigenvalue weighted by atomic mass is 16.7. The normalized spacial score (nSPS) is 12.7. The zero-order chi connectivity index (χ0) is 21.7. The Kier molecular flexibility index (Phi) is 3.54. The van der Waals surface area contributed by atoms with Crippen molar-refractivity contribution < 1.29 is 11.4 Å². The van der Waals surface area contributed by atoms with Gasteiger partial charge in [0.25, 0.3) is 0 Å². The first-order valence-electron chi connectivity index (χ1n) is 9.29. The van der Waals surface area contributed by atoms with Crippen molar-refractivity contribution in [2.75, 3.05) is 0 Å². The molecule has 5 heterocycles. The molecule has 2 aliphatic rings. The summed E-state index contributed by atoms with van der Waals surface area (Å²) in [6.07, 6.45) is 6.57. The summed E-state index contributed by atoms with van der Waals surface area (Å²) < 4.78 is 9.94. The molecule has 5 rings (SSSR count). The summed E-state index contributed by atoms with van der Waals surface area (Å²) >= 11 is 0. The SMILES string of the molecule is [2H]c1cc2cc3nc(cc4ccc(cc5nc(cc1n2[N+](=O)[O-])C=C5)n4[N+](=O)[O-])C=C3. The van der Waals surface area contributed by atoms with E-state index in [1.165, 1.54) is 18.2 Å². The molecule has 0 saturated heterocycles. The molecular formula is C20H12N6O4. The third-order valence-electron chi connectivity index (χ3n) is 4.62. The summed E-state index contributed by atoms with van der Waals surface area (Å²) in [6, 6.07) is 10.6. The van der Waals surface area contributed by atoms with Gasteiger partial charge in [-0.1, -0.05) is 9.35 Å². The van der Waals surface area contributed by atoms with Crippen LogP contribution in [0.2, 0.25) is 0 Å². The van der Waals surface area contributed by atoms with Gasteiger partial charge in [-0.05, 0) is 72.8 Å². The number of nitrogens with zero attached hydrogens (tertiary/aromatic N) is 6. The van der Waals surface area contributed by atoms with Crippen molar-refractivity contribution in [3.05, 3.63) is 91.5 Å². The fourth-order valence-electron chi connectivity index (χ4n) is 3.37. The lowest BCUT2D eigenvalue weighted by Gasteiger charge is -1.95. The van der Waals surface area contributed by atoms with E-state index in [2.05, 4.69) is 9.97 Å². The summed E-state index contributed by atoms with van der Waals surface area (Å²) in [4.78, 5) is 32.1. The monoisotopic (exact) mass is 401 g/mol. The lowest BCUT2D eigenvalue weighted by molar-refractivity contribution is -0.533. The van der Waals surface area contributed by atoms with Crippen LogP contribution >= 0.6 is 0 Å². The number of hydrogen-bond acceptors (Lipinski definition) is 6. The predicted octanol–water partition coefficient (Wildman–Crippen LogP) is 3.68. The van der Waals surface area contributed by atoms with E-state index in [0.29, 0.717) is 33.8 Å². The quantitative estimate of drug-likeness (QED) is 0.328. The highest BCUT2D eigenvalue weighted by Gasteiger charge is 2.13. The van der Waals surface area contributed by atoms with Crippen LogP contribution in [0.15, 0.2) is 48.5 Å². The Morgan fingerprint density at radius 2 is 1.03 bits per heavy atom. The molecule has 0 atom stereocenters. The van der Waals surface area contributed by atoms with Crippen LogP contribution in [0.4, 0.5) is 0 Å². The van der Waals surface area contributed by atoms with Crippen LogP contribution in [0.25, 0.3) is 46.4 Å². The molecule has 8 bridgehead atoms. The van der Waals surface area contributed by atoms with Crippen LogP contribution in [-0.4, -0.2) is 29.4 Å². The molecule has 0 N–H and O–H groups in total. The van der Waals surface area contributed by atoms with Crippen LogP contribution < -0.4 is 0 Å².